The number of fused-ring (bicyclic) bond motifs is 2. The van der Waals surface area contributed by atoms with Crippen LogP contribution in [0.5, 0.6) is 0 Å². The van der Waals surface area contributed by atoms with Crippen LogP contribution >= 0.6 is 23.1 Å². The van der Waals surface area contributed by atoms with Crippen LogP contribution in [0.3, 0.4) is 0 Å². The lowest BCUT2D eigenvalue weighted by atomic mass is 9.83. The quantitative estimate of drug-likeness (QED) is 0.249. The minimum absolute atomic E-state index is 0.194. The Kier molecular flexibility index (Phi) is 8.22. The number of nitrogens with zero attached hydrogens (tertiary/aromatic N) is 3. The van der Waals surface area contributed by atoms with Crippen molar-refractivity contribution in [2.24, 2.45) is 5.92 Å². The van der Waals surface area contributed by atoms with E-state index in [4.69, 9.17) is 0 Å². The standard InChI is InChI=1S/C34H34N4O4S2/c1-5-36(6-2)24-17-11-22(12-18-24)27-28-29(32(41)38(31(28)40)25-15-9-21(4)10-16-25)43-33-30(27)44-34(42)37(33)19-26(39)35-23-13-7-20(3)8-14-23/h7-18,27-29H,5-6,19H2,1-4H3,(H,35,39). The predicted octanol–water partition coefficient (Wildman–Crippen LogP) is 5.81. The first-order chi connectivity index (χ1) is 21.2. The second kappa shape index (κ2) is 12.1. The van der Waals surface area contributed by atoms with E-state index in [1.807, 2.05) is 74.5 Å². The third-order valence-electron chi connectivity index (χ3n) is 8.36. The molecule has 2 aliphatic heterocycles. The molecule has 0 saturated carbocycles. The lowest BCUT2D eigenvalue weighted by Gasteiger charge is -2.31. The van der Waals surface area contributed by atoms with E-state index >= 15 is 0 Å². The van der Waals surface area contributed by atoms with Gasteiger partial charge in [0.1, 0.15) is 11.8 Å². The number of thiazole rings is 1. The number of aromatic nitrogens is 1. The highest BCUT2D eigenvalue weighted by Crippen LogP contribution is 2.54. The number of nitrogens with one attached hydrogen (secondary N) is 1. The van der Waals surface area contributed by atoms with Crippen molar-refractivity contribution in [3.05, 3.63) is 104 Å². The molecule has 10 heteroatoms. The molecule has 0 spiro atoms. The lowest BCUT2D eigenvalue weighted by Crippen LogP contribution is -2.33. The zero-order chi connectivity index (χ0) is 31.1. The summed E-state index contributed by atoms with van der Waals surface area (Å²) >= 11 is 2.28. The minimum Gasteiger partial charge on any atom is -0.372 e. The highest BCUT2D eigenvalue weighted by Gasteiger charge is 2.56. The second-order valence-corrected chi connectivity index (χ2v) is 13.3. The smallest absolute Gasteiger partial charge is 0.308 e. The van der Waals surface area contributed by atoms with Gasteiger partial charge in [0, 0.05) is 35.3 Å². The van der Waals surface area contributed by atoms with Crippen LogP contribution in [0.25, 0.3) is 0 Å². The van der Waals surface area contributed by atoms with Gasteiger partial charge in [0.25, 0.3) is 0 Å². The van der Waals surface area contributed by atoms with Gasteiger partial charge in [-0.3, -0.25) is 23.7 Å². The average Bonchev–Trinajstić information content (AvgIpc) is 3.46. The summed E-state index contributed by atoms with van der Waals surface area (Å²) in [4.78, 5) is 58.6. The van der Waals surface area contributed by atoms with E-state index < -0.39 is 17.1 Å². The summed E-state index contributed by atoms with van der Waals surface area (Å²) in [6, 6.07) is 22.9. The van der Waals surface area contributed by atoms with Crippen molar-refractivity contribution in [3.8, 4) is 0 Å². The average molecular weight is 627 g/mol. The van der Waals surface area contributed by atoms with Gasteiger partial charge in [-0.05, 0) is 69.7 Å². The maximum atomic E-state index is 14.1. The van der Waals surface area contributed by atoms with Gasteiger partial charge in [-0.2, -0.15) is 0 Å². The Balaban J connectivity index is 1.41. The number of carbonyl (C=O) groups excluding carboxylic acids is 3. The Morgan fingerprint density at radius 2 is 1.45 bits per heavy atom. The molecule has 6 rings (SSSR count). The fraction of sp³-hybridized carbons (Fsp3) is 0.294. The highest BCUT2D eigenvalue weighted by molar-refractivity contribution is 8.00. The Hall–Kier alpha value is -4.15. The Morgan fingerprint density at radius 3 is 2.07 bits per heavy atom. The van der Waals surface area contributed by atoms with E-state index in [-0.39, 0.29) is 29.1 Å². The molecule has 3 unspecified atom stereocenters. The summed E-state index contributed by atoms with van der Waals surface area (Å²) in [7, 11) is 0. The third-order valence-corrected chi connectivity index (χ3v) is 11.0. The second-order valence-electron chi connectivity index (χ2n) is 11.2. The Labute approximate surface area is 264 Å². The molecular weight excluding hydrogens is 593 g/mol. The molecule has 0 bridgehead atoms. The van der Waals surface area contributed by atoms with Crippen LogP contribution < -0.4 is 20.0 Å². The number of aryl methyl sites for hydroxylation is 2. The van der Waals surface area contributed by atoms with Crippen LogP contribution in [0.2, 0.25) is 0 Å². The van der Waals surface area contributed by atoms with Crippen LogP contribution in [0, 0.1) is 19.8 Å². The SMILES string of the molecule is CCN(CC)c1ccc(C2c3sc(=O)n(CC(=O)Nc4ccc(C)cc4)c3SC3C(=O)N(c4ccc(C)cc4)C(=O)C32)cc1. The van der Waals surface area contributed by atoms with Crippen molar-refractivity contribution < 1.29 is 14.4 Å². The predicted molar refractivity (Wildman–Crippen MR) is 177 cm³/mol. The van der Waals surface area contributed by atoms with Crippen LogP contribution in [0.15, 0.2) is 82.6 Å². The maximum absolute atomic E-state index is 14.1. The van der Waals surface area contributed by atoms with E-state index in [2.05, 4.69) is 24.1 Å². The van der Waals surface area contributed by atoms with E-state index in [0.717, 1.165) is 46.8 Å². The number of thioether (sulfide) groups is 1. The van der Waals surface area contributed by atoms with Gasteiger partial charge in [-0.1, -0.05) is 70.6 Å². The number of carbonyl (C=O) groups is 3. The van der Waals surface area contributed by atoms with Crippen molar-refractivity contribution in [3.63, 3.8) is 0 Å². The fourth-order valence-electron chi connectivity index (χ4n) is 6.03. The van der Waals surface area contributed by atoms with Crippen molar-refractivity contribution in [1.82, 2.24) is 4.57 Å². The molecule has 3 aromatic carbocycles. The molecule has 3 amide bonds. The molecule has 1 N–H and O–H groups in total. The number of rotatable bonds is 8. The summed E-state index contributed by atoms with van der Waals surface area (Å²) in [6.45, 7) is 9.65. The van der Waals surface area contributed by atoms with E-state index in [0.29, 0.717) is 21.3 Å². The summed E-state index contributed by atoms with van der Waals surface area (Å²) in [5.41, 5.74) is 5.21. The number of benzene rings is 3. The Bertz CT molecular complexity index is 1770. The van der Waals surface area contributed by atoms with Crippen LogP contribution in [0.4, 0.5) is 17.1 Å². The fourth-order valence-corrected chi connectivity index (χ4v) is 8.80. The molecule has 1 saturated heterocycles. The first-order valence-electron chi connectivity index (χ1n) is 14.8. The van der Waals surface area contributed by atoms with Gasteiger partial charge in [-0.15, -0.1) is 0 Å². The molecule has 0 aliphatic carbocycles. The van der Waals surface area contributed by atoms with Crippen molar-refractivity contribution >= 4 is 57.9 Å². The van der Waals surface area contributed by atoms with Crippen molar-refractivity contribution in [2.45, 2.75) is 50.4 Å². The third kappa shape index (κ3) is 5.37. The van der Waals surface area contributed by atoms with E-state index in [1.54, 1.807) is 12.1 Å². The van der Waals surface area contributed by atoms with E-state index in [9.17, 15) is 19.2 Å². The normalized spacial score (nSPS) is 19.1. The largest absolute Gasteiger partial charge is 0.372 e. The monoisotopic (exact) mass is 626 g/mol. The molecular formula is C34H34N4O4S2. The topological polar surface area (TPSA) is 91.7 Å². The van der Waals surface area contributed by atoms with Gasteiger partial charge < -0.3 is 10.2 Å². The van der Waals surface area contributed by atoms with Gasteiger partial charge in [-0.25, -0.2) is 4.90 Å². The molecule has 4 aromatic rings. The van der Waals surface area contributed by atoms with Crippen LogP contribution in [0.1, 0.15) is 41.3 Å². The number of imide groups is 1. The van der Waals surface area contributed by atoms with Gasteiger partial charge in [0.2, 0.25) is 17.7 Å². The number of hydrogen-bond acceptors (Lipinski definition) is 7. The molecule has 2 aliphatic rings. The minimum atomic E-state index is -0.732. The van der Waals surface area contributed by atoms with Gasteiger partial charge >= 0.3 is 4.87 Å². The lowest BCUT2D eigenvalue weighted by molar-refractivity contribution is -0.122. The molecule has 1 fully saturated rings. The molecule has 226 valence electrons. The molecule has 0 radical (unpaired) electrons. The number of amides is 3. The zero-order valence-corrected chi connectivity index (χ0v) is 26.7. The van der Waals surface area contributed by atoms with Crippen LogP contribution in [-0.2, 0) is 20.9 Å². The zero-order valence-electron chi connectivity index (χ0n) is 25.1. The van der Waals surface area contributed by atoms with Gasteiger partial charge in [0.05, 0.1) is 16.6 Å². The van der Waals surface area contributed by atoms with Crippen LogP contribution in [-0.4, -0.2) is 40.6 Å². The Morgan fingerprint density at radius 1 is 0.841 bits per heavy atom. The number of anilines is 3. The summed E-state index contributed by atoms with van der Waals surface area (Å²) in [5.74, 6) is -2.11. The molecule has 44 heavy (non-hydrogen) atoms. The molecule has 1 aromatic heterocycles. The summed E-state index contributed by atoms with van der Waals surface area (Å²) in [6.07, 6.45) is 0. The molecule has 3 heterocycles. The van der Waals surface area contributed by atoms with Crippen molar-refractivity contribution in [1.29, 1.82) is 0 Å². The number of hydrogen-bond donors (Lipinski definition) is 1. The van der Waals surface area contributed by atoms with Crippen molar-refractivity contribution in [2.75, 3.05) is 28.2 Å². The molecule has 3 atom stereocenters. The maximum Gasteiger partial charge on any atom is 0.308 e. The highest BCUT2D eigenvalue weighted by atomic mass is 32.2. The summed E-state index contributed by atoms with van der Waals surface area (Å²) < 4.78 is 1.45. The molecule has 8 nitrogen and oxygen atoms in total. The summed E-state index contributed by atoms with van der Waals surface area (Å²) in [5, 5.41) is 2.71. The van der Waals surface area contributed by atoms with Gasteiger partial charge in [0.15, 0.2) is 0 Å². The first-order valence-corrected chi connectivity index (χ1v) is 16.5. The van der Waals surface area contributed by atoms with E-state index in [1.165, 1.54) is 21.2 Å². The first kappa shape index (κ1) is 29.9.